The van der Waals surface area contributed by atoms with Crippen LogP contribution < -0.4 is 10.1 Å². The quantitative estimate of drug-likeness (QED) is 0.319. The van der Waals surface area contributed by atoms with E-state index in [1.807, 2.05) is 37.3 Å². The molecule has 2 aromatic rings. The van der Waals surface area contributed by atoms with Crippen molar-refractivity contribution < 1.29 is 26.8 Å². The highest BCUT2D eigenvalue weighted by molar-refractivity contribution is 7.91. The fraction of sp³-hybridized carbons (Fsp3) is 0.556. The van der Waals surface area contributed by atoms with Gasteiger partial charge in [-0.1, -0.05) is 57.0 Å². The second kappa shape index (κ2) is 12.2. The number of sulfone groups is 1. The smallest absolute Gasteiger partial charge is 0.335 e. The molecule has 2 unspecified atom stereocenters. The summed E-state index contributed by atoms with van der Waals surface area (Å²) in [6.45, 7) is 8.10. The molecule has 200 valence electrons. The summed E-state index contributed by atoms with van der Waals surface area (Å²) < 4.78 is 58.0. The first kappa shape index (κ1) is 28.9. The fourth-order valence-electron chi connectivity index (χ4n) is 4.97. The van der Waals surface area contributed by atoms with Crippen molar-refractivity contribution in [2.24, 2.45) is 0 Å². The molecule has 3 rings (SSSR count). The second-order valence-electron chi connectivity index (χ2n) is 9.29. The van der Waals surface area contributed by atoms with Crippen LogP contribution in [0.5, 0.6) is 5.75 Å². The minimum absolute atomic E-state index is 0.00676. The Kier molecular flexibility index (Phi) is 9.81. The first-order valence-corrected chi connectivity index (χ1v) is 16.2. The number of methoxy groups -OCH3 is 1. The lowest BCUT2D eigenvalue weighted by atomic mass is 9.88. The van der Waals surface area contributed by atoms with Crippen LogP contribution in [0.4, 0.5) is 0 Å². The highest BCUT2D eigenvalue weighted by Crippen LogP contribution is 2.53. The van der Waals surface area contributed by atoms with Crippen molar-refractivity contribution >= 4 is 17.4 Å². The van der Waals surface area contributed by atoms with Crippen LogP contribution in [0.1, 0.15) is 76.1 Å². The third-order valence-electron chi connectivity index (χ3n) is 6.81. The molecule has 7 nitrogen and oxygen atoms in total. The Hall–Kier alpha value is -1.70. The number of ether oxygens (including phenoxy) is 1. The van der Waals surface area contributed by atoms with Crippen molar-refractivity contribution in [1.82, 2.24) is 5.32 Å². The van der Waals surface area contributed by atoms with Crippen molar-refractivity contribution in [2.45, 2.75) is 76.0 Å². The van der Waals surface area contributed by atoms with Gasteiger partial charge in [-0.05, 0) is 49.9 Å². The van der Waals surface area contributed by atoms with E-state index in [1.165, 1.54) is 7.11 Å². The van der Waals surface area contributed by atoms with Crippen LogP contribution in [0.3, 0.4) is 0 Å². The number of nitrogens with one attached hydrogen (secondary N) is 1. The third-order valence-corrected chi connectivity index (χ3v) is 10.8. The van der Waals surface area contributed by atoms with Crippen LogP contribution in [0.25, 0.3) is 0 Å². The maximum absolute atomic E-state index is 14.0. The van der Waals surface area contributed by atoms with Crippen molar-refractivity contribution in [3.8, 4) is 5.75 Å². The molecule has 0 aromatic heterocycles. The highest BCUT2D eigenvalue weighted by Gasteiger charge is 2.42. The minimum Gasteiger partial charge on any atom is -0.496 e. The van der Waals surface area contributed by atoms with E-state index < -0.39 is 23.0 Å². The molecule has 0 amide bonds. The van der Waals surface area contributed by atoms with Crippen molar-refractivity contribution in [1.29, 1.82) is 0 Å². The molecule has 0 fully saturated rings. The molecular formula is C27H40NO6PS. The lowest BCUT2D eigenvalue weighted by Crippen LogP contribution is -2.50. The summed E-state index contributed by atoms with van der Waals surface area (Å²) in [7, 11) is -5.63. The molecule has 0 bridgehead atoms. The molecule has 2 atom stereocenters. The minimum atomic E-state index is -3.69. The summed E-state index contributed by atoms with van der Waals surface area (Å²) >= 11 is 0. The Morgan fingerprint density at radius 1 is 1.06 bits per heavy atom. The third kappa shape index (κ3) is 6.40. The van der Waals surface area contributed by atoms with Crippen molar-refractivity contribution in [2.75, 3.05) is 26.1 Å². The number of unbranched alkanes of at least 4 members (excludes halogenated alkanes) is 1. The molecule has 9 heteroatoms. The van der Waals surface area contributed by atoms with Crippen molar-refractivity contribution in [3.05, 3.63) is 59.2 Å². The average molecular weight is 538 g/mol. The van der Waals surface area contributed by atoms with Gasteiger partial charge < -0.3 is 13.8 Å². The predicted molar refractivity (Wildman–Crippen MR) is 144 cm³/mol. The van der Waals surface area contributed by atoms with Crippen LogP contribution in [-0.4, -0.2) is 40.0 Å². The zero-order valence-electron chi connectivity index (χ0n) is 22.1. The summed E-state index contributed by atoms with van der Waals surface area (Å²) in [4.78, 5) is 0.242. The van der Waals surface area contributed by atoms with Gasteiger partial charge in [0.25, 0.3) is 0 Å². The summed E-state index contributed by atoms with van der Waals surface area (Å²) in [6, 6.07) is 13.0. The Morgan fingerprint density at radius 2 is 1.72 bits per heavy atom. The van der Waals surface area contributed by atoms with Crippen LogP contribution >= 0.6 is 7.60 Å². The lowest BCUT2D eigenvalue weighted by molar-refractivity contribution is 0.219. The first-order valence-electron chi connectivity index (χ1n) is 12.8. The van der Waals surface area contributed by atoms with E-state index in [0.29, 0.717) is 23.3 Å². The molecule has 0 saturated heterocycles. The molecule has 0 radical (unpaired) electrons. The Morgan fingerprint density at radius 3 is 2.28 bits per heavy atom. The Bertz CT molecular complexity index is 1160. The van der Waals surface area contributed by atoms with Gasteiger partial charge in [0.15, 0.2) is 9.84 Å². The van der Waals surface area contributed by atoms with Gasteiger partial charge in [-0.15, -0.1) is 0 Å². The SMILES string of the molecule is CCCCC1(CC)CS(=O)(=O)c2cc(CP(=O)(OCC)OCC)c(OC)cc2C(c2ccccc2)N1. The van der Waals surface area contributed by atoms with Gasteiger partial charge in [0.05, 0.1) is 43.2 Å². The first-order chi connectivity index (χ1) is 17.2. The van der Waals surface area contributed by atoms with Gasteiger partial charge >= 0.3 is 7.60 Å². The number of fused-ring (bicyclic) bond motifs is 1. The van der Waals surface area contributed by atoms with E-state index in [1.54, 1.807) is 26.0 Å². The van der Waals surface area contributed by atoms with E-state index in [0.717, 1.165) is 24.8 Å². The van der Waals surface area contributed by atoms with Crippen LogP contribution in [0.2, 0.25) is 0 Å². The fourth-order valence-corrected chi connectivity index (χ4v) is 8.85. The topological polar surface area (TPSA) is 90.9 Å². The van der Waals surface area contributed by atoms with E-state index in [2.05, 4.69) is 12.2 Å². The van der Waals surface area contributed by atoms with E-state index in [-0.39, 0.29) is 36.1 Å². The molecule has 36 heavy (non-hydrogen) atoms. The van der Waals surface area contributed by atoms with Crippen LogP contribution in [0, 0.1) is 0 Å². The van der Waals surface area contributed by atoms with Crippen LogP contribution in [-0.2, 0) is 29.6 Å². The monoisotopic (exact) mass is 537 g/mol. The van der Waals surface area contributed by atoms with Gasteiger partial charge in [-0.2, -0.15) is 0 Å². The summed E-state index contributed by atoms with van der Waals surface area (Å²) in [6.07, 6.45) is 3.27. The molecule has 1 aliphatic heterocycles. The second-order valence-corrected chi connectivity index (χ2v) is 13.3. The zero-order chi connectivity index (χ0) is 26.4. The summed E-state index contributed by atoms with van der Waals surface area (Å²) in [5.41, 5.74) is 1.54. The maximum Gasteiger partial charge on any atom is 0.335 e. The maximum atomic E-state index is 14.0. The van der Waals surface area contributed by atoms with Crippen LogP contribution in [0.15, 0.2) is 47.4 Å². The molecule has 1 heterocycles. The number of hydrogen-bond donors (Lipinski definition) is 1. The summed E-state index contributed by atoms with van der Waals surface area (Å²) in [5, 5.41) is 3.76. The van der Waals surface area contributed by atoms with E-state index in [9.17, 15) is 13.0 Å². The molecule has 2 aromatic carbocycles. The standard InChI is InChI=1S/C27H40NO6PS/c1-6-10-16-27(7-2)20-36(30,31)25-17-22(19-35(29,33-8-3)34-9-4)24(32-5)18-23(25)26(28-27)21-14-12-11-13-15-21/h11-15,17-18,26,28H,6-10,16,19-20H2,1-5H3. The predicted octanol–water partition coefficient (Wildman–Crippen LogP) is 6.27. The molecule has 0 saturated carbocycles. The van der Waals surface area contributed by atoms with E-state index >= 15 is 0 Å². The van der Waals surface area contributed by atoms with Gasteiger partial charge in [-0.3, -0.25) is 9.88 Å². The number of benzene rings is 2. The lowest BCUT2D eigenvalue weighted by Gasteiger charge is -2.36. The van der Waals surface area contributed by atoms with Gasteiger partial charge in [0.2, 0.25) is 0 Å². The largest absolute Gasteiger partial charge is 0.496 e. The van der Waals surface area contributed by atoms with Gasteiger partial charge in [-0.25, -0.2) is 8.42 Å². The molecule has 1 N–H and O–H groups in total. The van der Waals surface area contributed by atoms with Gasteiger partial charge in [0.1, 0.15) is 5.75 Å². The molecule has 0 spiro atoms. The molecule has 1 aliphatic rings. The Balaban J connectivity index is 2.24. The normalized spacial score (nSPS) is 21.5. The summed E-state index contributed by atoms with van der Waals surface area (Å²) in [5.74, 6) is 0.455. The molecular weight excluding hydrogens is 497 g/mol. The number of hydrogen-bond acceptors (Lipinski definition) is 7. The molecule has 0 aliphatic carbocycles. The number of rotatable bonds is 12. The average Bonchev–Trinajstić information content (AvgIpc) is 2.95. The Labute approximate surface area is 216 Å². The highest BCUT2D eigenvalue weighted by atomic mass is 32.2. The zero-order valence-corrected chi connectivity index (χ0v) is 23.8. The van der Waals surface area contributed by atoms with Gasteiger partial charge in [0, 0.05) is 11.1 Å². The van der Waals surface area contributed by atoms with Crippen molar-refractivity contribution in [3.63, 3.8) is 0 Å². The van der Waals surface area contributed by atoms with E-state index in [4.69, 9.17) is 13.8 Å².